The van der Waals surface area contributed by atoms with Crippen molar-refractivity contribution in [3.05, 3.63) is 30.2 Å². The molecule has 1 atom stereocenters. The molecule has 0 aromatic carbocycles. The van der Waals surface area contributed by atoms with Gasteiger partial charge in [-0.05, 0) is 28.4 Å². The molecule has 1 N–H and O–H groups in total. The summed E-state index contributed by atoms with van der Waals surface area (Å²) < 4.78 is 39.5. The Morgan fingerprint density at radius 2 is 2.00 bits per heavy atom. The molecule has 0 aliphatic heterocycles. The number of nitrogens with zero attached hydrogens (tertiary/aromatic N) is 1. The van der Waals surface area contributed by atoms with E-state index in [2.05, 4.69) is 20.9 Å². The molecule has 0 unspecified atom stereocenters. The lowest BCUT2D eigenvalue weighted by Gasteiger charge is -2.16. The van der Waals surface area contributed by atoms with E-state index in [-0.39, 0.29) is 10.2 Å². The fourth-order valence-electron chi connectivity index (χ4n) is 1.79. The molecular formula is C11H10BrF3N2O2S. The lowest BCUT2D eigenvalue weighted by molar-refractivity contribution is -0.172. The zero-order chi connectivity index (χ0) is 15.2. The van der Waals surface area contributed by atoms with Gasteiger partial charge in [-0.1, -0.05) is 6.92 Å². The molecule has 0 aliphatic rings. The fourth-order valence-corrected chi connectivity index (χ4v) is 3.49. The van der Waals surface area contributed by atoms with Gasteiger partial charge in [0.15, 0.2) is 0 Å². The topological polar surface area (TPSA) is 54.9 Å². The van der Waals surface area contributed by atoms with E-state index in [1.165, 1.54) is 0 Å². The first-order valence-corrected chi connectivity index (χ1v) is 7.22. The predicted molar refractivity (Wildman–Crippen MR) is 74.4 cm³/mol. The van der Waals surface area contributed by atoms with Gasteiger partial charge >= 0.3 is 11.9 Å². The van der Waals surface area contributed by atoms with Crippen molar-refractivity contribution in [3.63, 3.8) is 0 Å². The Morgan fingerprint density at radius 3 is 2.55 bits per heavy atom. The van der Waals surface area contributed by atoms with Crippen molar-refractivity contribution in [1.82, 2.24) is 9.55 Å². The highest BCUT2D eigenvalue weighted by Gasteiger charge is 2.36. The quantitative estimate of drug-likeness (QED) is 0.883. The third-order valence-corrected chi connectivity index (χ3v) is 5.21. The fraction of sp³-hybridized carbons (Fsp3) is 0.455. The number of halogens is 4. The summed E-state index contributed by atoms with van der Waals surface area (Å²) in [5.74, 6) is -1.68. The zero-order valence-corrected chi connectivity index (χ0v) is 12.9. The van der Waals surface area contributed by atoms with Gasteiger partial charge in [-0.15, -0.1) is 11.3 Å². The molecule has 2 rings (SSSR count). The number of aromatic nitrogens is 2. The second-order valence-corrected chi connectivity index (χ2v) is 6.81. The molecule has 0 spiro atoms. The van der Waals surface area contributed by atoms with E-state index in [4.69, 9.17) is 0 Å². The van der Waals surface area contributed by atoms with Crippen LogP contribution in [0.1, 0.15) is 12.5 Å². The standard InChI is InChI=1S/C11H10BrF3N2O2S/c1-4(11(13,14)15)3-17-9-6(5(2)7(12)20-9)8(18)16-10(17)19/h4H,3H2,1-2H3,(H,16,18,19)/t4-/m1/s1. The minimum Gasteiger partial charge on any atom is -0.284 e. The predicted octanol–water partition coefficient (Wildman–Crippen LogP) is 3.02. The molecule has 110 valence electrons. The van der Waals surface area contributed by atoms with Gasteiger partial charge < -0.3 is 0 Å². The molecular weight excluding hydrogens is 361 g/mol. The molecule has 9 heteroatoms. The van der Waals surface area contributed by atoms with Crippen molar-refractivity contribution in [2.75, 3.05) is 0 Å². The second-order valence-electron chi connectivity index (χ2n) is 4.49. The number of rotatable bonds is 2. The van der Waals surface area contributed by atoms with Crippen LogP contribution in [-0.2, 0) is 6.54 Å². The first-order valence-electron chi connectivity index (χ1n) is 5.61. The first-order chi connectivity index (χ1) is 9.12. The van der Waals surface area contributed by atoms with Crippen LogP contribution in [0.5, 0.6) is 0 Å². The lowest BCUT2D eigenvalue weighted by atomic mass is 10.1. The van der Waals surface area contributed by atoms with Crippen molar-refractivity contribution in [1.29, 1.82) is 0 Å². The van der Waals surface area contributed by atoms with Crippen LogP contribution >= 0.6 is 27.3 Å². The zero-order valence-electron chi connectivity index (χ0n) is 10.5. The number of hydrogen-bond donors (Lipinski definition) is 1. The van der Waals surface area contributed by atoms with Crippen LogP contribution in [0.25, 0.3) is 10.2 Å². The van der Waals surface area contributed by atoms with Gasteiger partial charge in [-0.25, -0.2) is 4.79 Å². The molecule has 0 radical (unpaired) electrons. The minimum atomic E-state index is -4.40. The number of H-pyrrole nitrogens is 1. The monoisotopic (exact) mass is 370 g/mol. The Balaban J connectivity index is 2.68. The number of aromatic amines is 1. The van der Waals surface area contributed by atoms with Crippen molar-refractivity contribution >= 4 is 37.5 Å². The summed E-state index contributed by atoms with van der Waals surface area (Å²) >= 11 is 4.31. The normalized spacial score (nSPS) is 13.9. The Morgan fingerprint density at radius 1 is 1.40 bits per heavy atom. The van der Waals surface area contributed by atoms with Crippen LogP contribution in [0.2, 0.25) is 0 Å². The van der Waals surface area contributed by atoms with Gasteiger partial charge in [0.1, 0.15) is 4.83 Å². The van der Waals surface area contributed by atoms with Crippen LogP contribution in [0.15, 0.2) is 13.4 Å². The molecule has 0 aliphatic carbocycles. The van der Waals surface area contributed by atoms with Gasteiger partial charge in [-0.2, -0.15) is 13.2 Å². The number of thiophene rings is 1. The molecule has 2 aromatic rings. The lowest BCUT2D eigenvalue weighted by Crippen LogP contribution is -2.34. The van der Waals surface area contributed by atoms with Gasteiger partial charge in [0.05, 0.1) is 15.1 Å². The number of hydrogen-bond acceptors (Lipinski definition) is 3. The summed E-state index contributed by atoms with van der Waals surface area (Å²) in [6, 6.07) is 0. The van der Waals surface area contributed by atoms with Crippen LogP contribution < -0.4 is 11.2 Å². The highest BCUT2D eigenvalue weighted by Crippen LogP contribution is 2.33. The van der Waals surface area contributed by atoms with E-state index < -0.39 is 29.9 Å². The van der Waals surface area contributed by atoms with E-state index in [0.717, 1.165) is 22.8 Å². The number of aryl methyl sites for hydroxylation is 1. The summed E-state index contributed by atoms with van der Waals surface area (Å²) in [5.41, 5.74) is -0.799. The van der Waals surface area contributed by atoms with E-state index >= 15 is 0 Å². The van der Waals surface area contributed by atoms with Gasteiger partial charge in [0.2, 0.25) is 0 Å². The maximum absolute atomic E-state index is 12.6. The largest absolute Gasteiger partial charge is 0.393 e. The molecule has 0 saturated heterocycles. The molecule has 2 heterocycles. The average molecular weight is 371 g/mol. The third kappa shape index (κ3) is 2.56. The van der Waals surface area contributed by atoms with Crippen LogP contribution in [0, 0.1) is 12.8 Å². The SMILES string of the molecule is Cc1c(Br)sc2c1c(=O)[nH]c(=O)n2C[C@@H](C)C(F)(F)F. The molecule has 4 nitrogen and oxygen atoms in total. The highest BCUT2D eigenvalue weighted by molar-refractivity contribution is 9.11. The average Bonchev–Trinajstić information content (AvgIpc) is 2.60. The van der Waals surface area contributed by atoms with E-state index in [0.29, 0.717) is 9.35 Å². The molecule has 0 fully saturated rings. The Bertz CT molecular complexity index is 775. The maximum atomic E-state index is 12.6. The highest BCUT2D eigenvalue weighted by atomic mass is 79.9. The Labute approximate surface area is 123 Å². The minimum absolute atomic E-state index is 0.246. The summed E-state index contributed by atoms with van der Waals surface area (Å²) in [4.78, 5) is 25.8. The van der Waals surface area contributed by atoms with Crippen molar-refractivity contribution in [3.8, 4) is 0 Å². The van der Waals surface area contributed by atoms with Gasteiger partial charge in [-0.3, -0.25) is 14.3 Å². The van der Waals surface area contributed by atoms with E-state index in [1.807, 2.05) is 0 Å². The number of nitrogens with one attached hydrogen (secondary N) is 1. The summed E-state index contributed by atoms with van der Waals surface area (Å²) in [6.07, 6.45) is -4.40. The van der Waals surface area contributed by atoms with Crippen LogP contribution in [-0.4, -0.2) is 15.7 Å². The second kappa shape index (κ2) is 5.03. The molecule has 0 bridgehead atoms. The Kier molecular flexibility index (Phi) is 3.85. The van der Waals surface area contributed by atoms with Crippen LogP contribution in [0.4, 0.5) is 13.2 Å². The van der Waals surface area contributed by atoms with E-state index in [1.54, 1.807) is 6.92 Å². The number of fused-ring (bicyclic) bond motifs is 1. The number of alkyl halides is 3. The molecule has 0 saturated carbocycles. The first kappa shape index (κ1) is 15.3. The summed E-state index contributed by atoms with van der Waals surface area (Å²) in [6.45, 7) is 2.14. The van der Waals surface area contributed by atoms with Gasteiger partial charge in [0, 0.05) is 6.54 Å². The van der Waals surface area contributed by atoms with Crippen molar-refractivity contribution in [2.45, 2.75) is 26.6 Å². The van der Waals surface area contributed by atoms with Crippen molar-refractivity contribution < 1.29 is 13.2 Å². The Hall–Kier alpha value is -1.09. The molecule has 0 amide bonds. The summed E-state index contributed by atoms with van der Waals surface area (Å²) in [5, 5.41) is 0.246. The van der Waals surface area contributed by atoms with Crippen LogP contribution in [0.3, 0.4) is 0 Å². The molecule has 2 aromatic heterocycles. The third-order valence-electron chi connectivity index (χ3n) is 3.02. The van der Waals surface area contributed by atoms with Gasteiger partial charge in [0.25, 0.3) is 5.56 Å². The smallest absolute Gasteiger partial charge is 0.284 e. The summed E-state index contributed by atoms with van der Waals surface area (Å²) in [7, 11) is 0. The van der Waals surface area contributed by atoms with Crippen molar-refractivity contribution in [2.24, 2.45) is 5.92 Å². The maximum Gasteiger partial charge on any atom is 0.393 e. The van der Waals surface area contributed by atoms with E-state index in [9.17, 15) is 22.8 Å². The molecule has 20 heavy (non-hydrogen) atoms.